The minimum Gasteiger partial charge on any atom is -0.494 e. The number of carboxylic acids is 1. The van der Waals surface area contributed by atoms with E-state index in [1.54, 1.807) is 0 Å². The van der Waals surface area contributed by atoms with E-state index in [4.69, 9.17) is 9.84 Å². The predicted molar refractivity (Wildman–Crippen MR) is 66.5 cm³/mol. The summed E-state index contributed by atoms with van der Waals surface area (Å²) in [5, 5.41) is 8.61. The fraction of sp³-hybridized carbons (Fsp3) is 0.462. The number of halogens is 4. The van der Waals surface area contributed by atoms with Gasteiger partial charge in [-0.15, -0.1) is 0 Å². The number of alkyl halides is 3. The van der Waals surface area contributed by atoms with E-state index in [0.29, 0.717) is 5.56 Å². The van der Waals surface area contributed by atoms with Crippen LogP contribution >= 0.6 is 0 Å². The quantitative estimate of drug-likeness (QED) is 0.821. The van der Waals surface area contributed by atoms with Crippen LogP contribution in [0.2, 0.25) is 0 Å². The van der Waals surface area contributed by atoms with Crippen LogP contribution in [-0.2, 0) is 11.3 Å². The van der Waals surface area contributed by atoms with Crippen molar-refractivity contribution in [1.82, 2.24) is 4.90 Å². The Hall–Kier alpha value is -1.83. The van der Waals surface area contributed by atoms with Gasteiger partial charge in [-0.2, -0.15) is 13.2 Å². The summed E-state index contributed by atoms with van der Waals surface area (Å²) in [6.45, 7) is -0.729. The van der Waals surface area contributed by atoms with Crippen molar-refractivity contribution in [3.05, 3.63) is 29.6 Å². The van der Waals surface area contributed by atoms with Crippen LogP contribution < -0.4 is 4.74 Å². The van der Waals surface area contributed by atoms with Gasteiger partial charge in [0, 0.05) is 13.1 Å². The summed E-state index contributed by atoms with van der Waals surface area (Å²) in [4.78, 5) is 11.8. The molecule has 0 fully saturated rings. The molecule has 1 rings (SSSR count). The molecular formula is C13H15F4NO3. The zero-order valence-corrected chi connectivity index (χ0v) is 11.4. The lowest BCUT2D eigenvalue weighted by Crippen LogP contribution is -2.39. The largest absolute Gasteiger partial charge is 0.494 e. The fourth-order valence-corrected chi connectivity index (χ4v) is 1.82. The molecule has 0 saturated carbocycles. The second-order valence-electron chi connectivity index (χ2n) is 4.60. The van der Waals surface area contributed by atoms with Crippen LogP contribution in [0.25, 0.3) is 0 Å². The number of carboxylic acid groups (broad SMARTS) is 1. The Labute approximate surface area is 118 Å². The average molecular weight is 309 g/mol. The van der Waals surface area contributed by atoms with Crippen molar-refractivity contribution >= 4 is 5.97 Å². The molecule has 0 aromatic heterocycles. The predicted octanol–water partition coefficient (Wildman–Crippen LogP) is 2.53. The van der Waals surface area contributed by atoms with Crippen molar-refractivity contribution in [2.45, 2.75) is 12.7 Å². The fourth-order valence-electron chi connectivity index (χ4n) is 1.82. The molecule has 0 spiro atoms. The molecule has 0 radical (unpaired) electrons. The first-order valence-electron chi connectivity index (χ1n) is 5.95. The first-order chi connectivity index (χ1) is 9.65. The van der Waals surface area contributed by atoms with E-state index in [1.807, 2.05) is 0 Å². The number of rotatable bonds is 6. The Morgan fingerprint density at radius 2 is 2.05 bits per heavy atom. The molecule has 0 bridgehead atoms. The van der Waals surface area contributed by atoms with Crippen LogP contribution in [0.5, 0.6) is 5.75 Å². The van der Waals surface area contributed by atoms with Gasteiger partial charge in [0.15, 0.2) is 17.5 Å². The van der Waals surface area contributed by atoms with E-state index in [-0.39, 0.29) is 12.3 Å². The second-order valence-corrected chi connectivity index (χ2v) is 4.60. The number of aliphatic carboxylic acids is 1. The summed E-state index contributed by atoms with van der Waals surface area (Å²) in [5.74, 6) is -5.02. The van der Waals surface area contributed by atoms with Gasteiger partial charge in [0.2, 0.25) is 0 Å². The van der Waals surface area contributed by atoms with Gasteiger partial charge in [-0.3, -0.25) is 4.79 Å². The van der Waals surface area contributed by atoms with Crippen LogP contribution in [0, 0.1) is 11.7 Å². The Morgan fingerprint density at radius 1 is 1.43 bits per heavy atom. The van der Waals surface area contributed by atoms with Gasteiger partial charge in [0.1, 0.15) is 0 Å². The highest BCUT2D eigenvalue weighted by atomic mass is 19.4. The molecule has 0 aliphatic heterocycles. The first kappa shape index (κ1) is 17.2. The first-order valence-corrected chi connectivity index (χ1v) is 5.95. The molecule has 8 heteroatoms. The zero-order valence-electron chi connectivity index (χ0n) is 11.4. The Kier molecular flexibility index (Phi) is 5.54. The standard InChI is InChI=1S/C13H15F4NO3/c1-18(7-9(12(19)20)13(15,16)17)6-8-3-4-11(21-2)10(14)5-8/h3-5,9H,6-7H2,1-2H3,(H,19,20). The van der Waals surface area contributed by atoms with Crippen molar-refractivity contribution in [3.63, 3.8) is 0 Å². The topological polar surface area (TPSA) is 49.8 Å². The zero-order chi connectivity index (χ0) is 16.2. The van der Waals surface area contributed by atoms with E-state index in [9.17, 15) is 22.4 Å². The minimum atomic E-state index is -4.83. The molecule has 21 heavy (non-hydrogen) atoms. The van der Waals surface area contributed by atoms with Gasteiger partial charge in [0.25, 0.3) is 0 Å². The Morgan fingerprint density at radius 3 is 2.48 bits per heavy atom. The summed E-state index contributed by atoms with van der Waals surface area (Å²) in [5.41, 5.74) is 0.419. The molecule has 1 aromatic carbocycles. The lowest BCUT2D eigenvalue weighted by molar-refractivity contribution is -0.196. The molecule has 1 unspecified atom stereocenters. The molecule has 0 saturated heterocycles. The van der Waals surface area contributed by atoms with Crippen LogP contribution in [0.4, 0.5) is 17.6 Å². The molecule has 1 N–H and O–H groups in total. The summed E-state index contributed by atoms with van der Waals surface area (Å²) in [6, 6.07) is 4.00. The smallest absolute Gasteiger partial charge is 0.403 e. The van der Waals surface area contributed by atoms with E-state index in [1.165, 1.54) is 31.2 Å². The highest BCUT2D eigenvalue weighted by Gasteiger charge is 2.45. The molecule has 1 aromatic rings. The average Bonchev–Trinajstić information content (AvgIpc) is 2.34. The molecule has 4 nitrogen and oxygen atoms in total. The normalized spacial score (nSPS) is 13.3. The van der Waals surface area contributed by atoms with Gasteiger partial charge in [-0.25, -0.2) is 4.39 Å². The van der Waals surface area contributed by atoms with Crippen LogP contribution in [0.15, 0.2) is 18.2 Å². The highest BCUT2D eigenvalue weighted by Crippen LogP contribution is 2.27. The maximum absolute atomic E-state index is 13.5. The van der Waals surface area contributed by atoms with E-state index >= 15 is 0 Å². The van der Waals surface area contributed by atoms with Gasteiger partial charge in [-0.1, -0.05) is 6.07 Å². The van der Waals surface area contributed by atoms with Crippen molar-refractivity contribution in [1.29, 1.82) is 0 Å². The molecule has 0 aliphatic rings. The van der Waals surface area contributed by atoms with Crippen molar-refractivity contribution in [2.75, 3.05) is 20.7 Å². The molecule has 0 heterocycles. The second kappa shape index (κ2) is 6.75. The third-order valence-corrected chi connectivity index (χ3v) is 2.86. The monoisotopic (exact) mass is 309 g/mol. The summed E-state index contributed by atoms with van der Waals surface area (Å²) >= 11 is 0. The number of carbonyl (C=O) groups is 1. The van der Waals surface area contributed by atoms with Gasteiger partial charge in [0.05, 0.1) is 7.11 Å². The molecular weight excluding hydrogens is 294 g/mol. The lowest BCUT2D eigenvalue weighted by atomic mass is 10.1. The molecule has 0 amide bonds. The Bertz CT molecular complexity index is 505. The van der Waals surface area contributed by atoms with Crippen molar-refractivity contribution < 1.29 is 32.2 Å². The number of benzene rings is 1. The van der Waals surface area contributed by atoms with Crippen LogP contribution in [-0.4, -0.2) is 42.9 Å². The highest BCUT2D eigenvalue weighted by molar-refractivity contribution is 5.71. The lowest BCUT2D eigenvalue weighted by Gasteiger charge is -2.23. The molecule has 118 valence electrons. The number of ether oxygens (including phenoxy) is 1. The number of nitrogens with zero attached hydrogens (tertiary/aromatic N) is 1. The van der Waals surface area contributed by atoms with E-state index in [0.717, 1.165) is 6.07 Å². The molecule has 0 aliphatic carbocycles. The third-order valence-electron chi connectivity index (χ3n) is 2.86. The van der Waals surface area contributed by atoms with Gasteiger partial charge < -0.3 is 14.7 Å². The number of methoxy groups -OCH3 is 1. The minimum absolute atomic E-state index is 0.0131. The maximum atomic E-state index is 13.5. The van der Waals surface area contributed by atoms with E-state index < -0.39 is 30.4 Å². The van der Waals surface area contributed by atoms with Gasteiger partial charge >= 0.3 is 12.1 Å². The van der Waals surface area contributed by atoms with Gasteiger partial charge in [-0.05, 0) is 24.7 Å². The maximum Gasteiger partial charge on any atom is 0.403 e. The SMILES string of the molecule is COc1ccc(CN(C)CC(C(=O)O)C(F)(F)F)cc1F. The van der Waals surface area contributed by atoms with E-state index in [2.05, 4.69) is 0 Å². The number of hydrogen-bond acceptors (Lipinski definition) is 3. The number of hydrogen-bond donors (Lipinski definition) is 1. The summed E-state index contributed by atoms with van der Waals surface area (Å²) in [7, 11) is 2.63. The Balaban J connectivity index is 2.74. The third kappa shape index (κ3) is 4.89. The van der Waals surface area contributed by atoms with Crippen LogP contribution in [0.3, 0.4) is 0 Å². The summed E-state index contributed by atoms with van der Waals surface area (Å²) < 4.78 is 55.8. The van der Waals surface area contributed by atoms with Crippen molar-refractivity contribution in [2.24, 2.45) is 5.92 Å². The molecule has 1 atom stereocenters. The van der Waals surface area contributed by atoms with Crippen LogP contribution in [0.1, 0.15) is 5.56 Å². The van der Waals surface area contributed by atoms with Crippen molar-refractivity contribution in [3.8, 4) is 5.75 Å². The summed E-state index contributed by atoms with van der Waals surface area (Å²) in [6.07, 6.45) is -4.83.